The van der Waals surface area contributed by atoms with Crippen molar-refractivity contribution in [2.24, 2.45) is 11.7 Å². The Kier molecular flexibility index (Phi) is 6.78. The highest BCUT2D eigenvalue weighted by Crippen LogP contribution is 2.35. The lowest BCUT2D eigenvalue weighted by Gasteiger charge is -2.35. The van der Waals surface area contributed by atoms with E-state index in [0.717, 1.165) is 55.3 Å². The highest BCUT2D eigenvalue weighted by Gasteiger charge is 2.26. The molecule has 28 heavy (non-hydrogen) atoms. The summed E-state index contributed by atoms with van der Waals surface area (Å²) in [7, 11) is 0. The largest absolute Gasteiger partial charge is 0.338 e. The molecule has 1 amide bonds. The average molecular weight is 425 g/mol. The third-order valence-electron chi connectivity index (χ3n) is 6.01. The van der Waals surface area contributed by atoms with Crippen LogP contribution in [0.3, 0.4) is 0 Å². The molecule has 8 heteroatoms. The Morgan fingerprint density at radius 1 is 1.36 bits per heavy atom. The van der Waals surface area contributed by atoms with Crippen molar-refractivity contribution in [1.82, 2.24) is 14.9 Å². The molecule has 2 aliphatic rings. The van der Waals surface area contributed by atoms with Gasteiger partial charge in [-0.2, -0.15) is 0 Å². The molecule has 1 saturated heterocycles. The third-order valence-corrected chi connectivity index (χ3v) is 7.16. The summed E-state index contributed by atoms with van der Waals surface area (Å²) in [6.45, 7) is 3.57. The zero-order valence-electron chi connectivity index (χ0n) is 16.3. The molecule has 2 aromatic rings. The summed E-state index contributed by atoms with van der Waals surface area (Å²) >= 11 is 1.66. The Bertz CT molecular complexity index is 909. The van der Waals surface area contributed by atoms with Gasteiger partial charge in [0.25, 0.3) is 5.56 Å². The van der Waals surface area contributed by atoms with Crippen molar-refractivity contribution < 1.29 is 4.79 Å². The molecular weight excluding hydrogens is 396 g/mol. The molecule has 3 N–H and O–H groups in total. The van der Waals surface area contributed by atoms with Crippen LogP contribution in [0.1, 0.15) is 55.3 Å². The maximum Gasteiger partial charge on any atom is 0.259 e. The first-order valence-corrected chi connectivity index (χ1v) is 10.9. The molecule has 0 saturated carbocycles. The number of hydrogen-bond donors (Lipinski definition) is 2. The minimum atomic E-state index is -0.0488. The Balaban J connectivity index is 0.00000225. The van der Waals surface area contributed by atoms with Crippen LogP contribution in [0.25, 0.3) is 10.2 Å². The van der Waals surface area contributed by atoms with Gasteiger partial charge in [-0.1, -0.05) is 6.92 Å². The minimum Gasteiger partial charge on any atom is -0.338 e. The number of carbonyl (C=O) groups excluding carboxylic acids is 1. The third kappa shape index (κ3) is 4.11. The smallest absolute Gasteiger partial charge is 0.259 e. The first kappa shape index (κ1) is 21.3. The first-order chi connectivity index (χ1) is 13.1. The number of aromatic amines is 1. The molecule has 1 fully saturated rings. The number of nitrogens with zero attached hydrogens (tertiary/aromatic N) is 2. The van der Waals surface area contributed by atoms with Gasteiger partial charge < -0.3 is 15.6 Å². The lowest BCUT2D eigenvalue weighted by Crippen LogP contribution is -2.47. The Labute approximate surface area is 175 Å². The Morgan fingerprint density at radius 2 is 2.18 bits per heavy atom. The second-order valence-electron chi connectivity index (χ2n) is 8.02. The van der Waals surface area contributed by atoms with Crippen molar-refractivity contribution in [3.05, 3.63) is 26.6 Å². The van der Waals surface area contributed by atoms with Gasteiger partial charge in [0, 0.05) is 36.9 Å². The molecule has 0 aromatic carbocycles. The number of nitrogens with one attached hydrogen (secondary N) is 1. The van der Waals surface area contributed by atoms with E-state index in [1.54, 1.807) is 11.3 Å². The molecule has 1 aliphatic carbocycles. The number of carbonyl (C=O) groups is 1. The summed E-state index contributed by atoms with van der Waals surface area (Å²) in [4.78, 5) is 37.0. The SMILES string of the molecule is CC1CCc2c(sc3nc(CCC(=O)N4CCCCC4CN)[nH]c(=O)c23)C1.Cl. The number of piperidine rings is 1. The van der Waals surface area contributed by atoms with Crippen LogP contribution in [0.4, 0.5) is 0 Å². The topological polar surface area (TPSA) is 92.1 Å². The maximum atomic E-state index is 12.7. The van der Waals surface area contributed by atoms with E-state index in [2.05, 4.69) is 16.9 Å². The van der Waals surface area contributed by atoms with Crippen LogP contribution in [0, 0.1) is 5.92 Å². The van der Waals surface area contributed by atoms with Crippen LogP contribution in [-0.2, 0) is 24.1 Å². The molecule has 154 valence electrons. The van der Waals surface area contributed by atoms with E-state index in [9.17, 15) is 9.59 Å². The fourth-order valence-corrected chi connectivity index (χ4v) is 5.86. The summed E-state index contributed by atoms with van der Waals surface area (Å²) < 4.78 is 0. The summed E-state index contributed by atoms with van der Waals surface area (Å²) in [5.41, 5.74) is 6.98. The number of likely N-dealkylation sites (tertiary alicyclic amines) is 1. The predicted octanol–water partition coefficient (Wildman–Crippen LogP) is 2.80. The molecule has 0 bridgehead atoms. The van der Waals surface area contributed by atoms with Gasteiger partial charge in [0.15, 0.2) is 0 Å². The van der Waals surface area contributed by atoms with E-state index in [1.165, 1.54) is 10.4 Å². The average Bonchev–Trinajstić information content (AvgIpc) is 3.03. The summed E-state index contributed by atoms with van der Waals surface area (Å²) in [5.74, 6) is 1.41. The second kappa shape index (κ2) is 8.93. The molecule has 6 nitrogen and oxygen atoms in total. The summed E-state index contributed by atoms with van der Waals surface area (Å²) in [5, 5.41) is 0.774. The van der Waals surface area contributed by atoms with E-state index >= 15 is 0 Å². The standard InChI is InChI=1S/C20H28N4O2S.ClH/c1-12-5-6-14-15(10-12)27-20-18(14)19(26)22-16(23-20)7-8-17(25)24-9-3-2-4-13(24)11-21;/h12-13H,2-11,21H2,1H3,(H,22,23,26);1H. The molecule has 4 rings (SSSR count). The number of H-pyrrole nitrogens is 1. The van der Waals surface area contributed by atoms with Gasteiger partial charge in [0.05, 0.1) is 5.39 Å². The van der Waals surface area contributed by atoms with Crippen molar-refractivity contribution in [2.75, 3.05) is 13.1 Å². The summed E-state index contributed by atoms with van der Waals surface area (Å²) in [6.07, 6.45) is 7.15. The lowest BCUT2D eigenvalue weighted by molar-refractivity contribution is -0.134. The molecule has 2 unspecified atom stereocenters. The number of rotatable bonds is 4. The van der Waals surface area contributed by atoms with Crippen LogP contribution in [-0.4, -0.2) is 39.9 Å². The van der Waals surface area contributed by atoms with Crippen LogP contribution in [0.15, 0.2) is 4.79 Å². The Hall–Kier alpha value is -1.44. The predicted molar refractivity (Wildman–Crippen MR) is 115 cm³/mol. The van der Waals surface area contributed by atoms with Gasteiger partial charge in [-0.25, -0.2) is 4.98 Å². The number of fused-ring (bicyclic) bond motifs is 3. The molecule has 1 aliphatic heterocycles. The molecule has 0 spiro atoms. The van der Waals surface area contributed by atoms with Crippen molar-refractivity contribution in [3.63, 3.8) is 0 Å². The van der Waals surface area contributed by atoms with E-state index in [0.29, 0.717) is 31.1 Å². The van der Waals surface area contributed by atoms with Crippen molar-refractivity contribution in [3.8, 4) is 0 Å². The molecular formula is C20H29ClN4O2S. The fourth-order valence-electron chi connectivity index (χ4n) is 4.45. The normalized spacial score (nSPS) is 22.0. The molecule has 2 aromatic heterocycles. The molecule has 0 radical (unpaired) electrons. The van der Waals surface area contributed by atoms with Crippen molar-refractivity contribution in [1.29, 1.82) is 0 Å². The first-order valence-electron chi connectivity index (χ1n) is 10.1. The summed E-state index contributed by atoms with van der Waals surface area (Å²) in [6, 6.07) is 0.159. The van der Waals surface area contributed by atoms with Gasteiger partial charge in [0.1, 0.15) is 10.7 Å². The quantitative estimate of drug-likeness (QED) is 0.789. The second-order valence-corrected chi connectivity index (χ2v) is 9.10. The zero-order valence-corrected chi connectivity index (χ0v) is 18.0. The van der Waals surface area contributed by atoms with Crippen LogP contribution in [0.5, 0.6) is 0 Å². The van der Waals surface area contributed by atoms with E-state index in [1.807, 2.05) is 4.90 Å². The number of amides is 1. The number of hydrogen-bond acceptors (Lipinski definition) is 5. The van der Waals surface area contributed by atoms with Gasteiger partial charge >= 0.3 is 0 Å². The van der Waals surface area contributed by atoms with Gasteiger partial charge in [-0.15, -0.1) is 23.7 Å². The zero-order chi connectivity index (χ0) is 19.0. The van der Waals surface area contributed by atoms with Crippen molar-refractivity contribution >= 4 is 39.9 Å². The highest BCUT2D eigenvalue weighted by molar-refractivity contribution is 7.18. The van der Waals surface area contributed by atoms with Crippen LogP contribution >= 0.6 is 23.7 Å². The van der Waals surface area contributed by atoms with Crippen LogP contribution < -0.4 is 11.3 Å². The highest BCUT2D eigenvalue weighted by atomic mass is 35.5. The molecule has 2 atom stereocenters. The number of aromatic nitrogens is 2. The molecule has 3 heterocycles. The van der Waals surface area contributed by atoms with E-state index in [4.69, 9.17) is 5.73 Å². The van der Waals surface area contributed by atoms with Crippen molar-refractivity contribution in [2.45, 2.75) is 64.3 Å². The minimum absolute atomic E-state index is 0. The van der Waals surface area contributed by atoms with E-state index in [-0.39, 0.29) is 29.9 Å². The number of aryl methyl sites for hydroxylation is 2. The van der Waals surface area contributed by atoms with Gasteiger partial charge in [-0.3, -0.25) is 9.59 Å². The van der Waals surface area contributed by atoms with E-state index < -0.39 is 0 Å². The Morgan fingerprint density at radius 3 is 2.96 bits per heavy atom. The number of halogens is 1. The lowest BCUT2D eigenvalue weighted by atomic mass is 9.89. The monoisotopic (exact) mass is 424 g/mol. The van der Waals surface area contributed by atoms with Gasteiger partial charge in [-0.05, 0) is 50.0 Å². The number of nitrogens with two attached hydrogens (primary N) is 1. The number of thiophene rings is 1. The maximum absolute atomic E-state index is 12.7. The van der Waals surface area contributed by atoms with Crippen LogP contribution in [0.2, 0.25) is 0 Å². The fraction of sp³-hybridized carbons (Fsp3) is 0.650. The van der Waals surface area contributed by atoms with Gasteiger partial charge in [0.2, 0.25) is 5.91 Å².